The lowest BCUT2D eigenvalue weighted by Crippen LogP contribution is -2.44. The third kappa shape index (κ3) is 3.02. The highest BCUT2D eigenvalue weighted by Crippen LogP contribution is 2.26. The number of rotatable bonds is 3. The van der Waals surface area contributed by atoms with Gasteiger partial charge in [0, 0.05) is 24.7 Å². The summed E-state index contributed by atoms with van der Waals surface area (Å²) in [4.78, 5) is 6.98. The van der Waals surface area contributed by atoms with Crippen LogP contribution in [0, 0.1) is 17.1 Å². The van der Waals surface area contributed by atoms with Gasteiger partial charge in [0.1, 0.15) is 5.82 Å². The van der Waals surface area contributed by atoms with Crippen LogP contribution in [0.4, 0.5) is 10.3 Å². The van der Waals surface area contributed by atoms with Crippen LogP contribution in [0.3, 0.4) is 0 Å². The zero-order valence-corrected chi connectivity index (χ0v) is 14.4. The van der Waals surface area contributed by atoms with Crippen LogP contribution in [0.1, 0.15) is 24.0 Å². The quantitative estimate of drug-likeness (QED) is 0.789. The largest absolute Gasteiger partial charge is 0.341 e. The van der Waals surface area contributed by atoms with Crippen LogP contribution in [0.5, 0.6) is 0 Å². The Bertz CT molecular complexity index is 988. The second kappa shape index (κ2) is 6.77. The van der Waals surface area contributed by atoms with E-state index in [9.17, 15) is 4.39 Å². The molecule has 132 valence electrons. The fraction of sp³-hybridized carbons (Fsp3) is 0.300. The summed E-state index contributed by atoms with van der Waals surface area (Å²) in [6.07, 6.45) is 2.04. The van der Waals surface area contributed by atoms with Crippen LogP contribution in [-0.4, -0.2) is 28.7 Å². The Morgan fingerprint density at radius 3 is 2.88 bits per heavy atom. The highest BCUT2D eigenvalue weighted by molar-refractivity contribution is 5.79. The molecule has 1 saturated heterocycles. The van der Waals surface area contributed by atoms with Crippen molar-refractivity contribution in [2.45, 2.75) is 25.4 Å². The molecule has 2 heterocycles. The molecule has 1 aliphatic rings. The molecule has 4 rings (SSSR count). The number of halogens is 1. The Kier molecular flexibility index (Phi) is 4.31. The Labute approximate surface area is 151 Å². The van der Waals surface area contributed by atoms with E-state index < -0.39 is 0 Å². The normalized spacial score (nSPS) is 17.4. The number of anilines is 1. The molecule has 1 aliphatic heterocycles. The number of nitrogens with zero attached hydrogens (tertiary/aromatic N) is 4. The Hall–Kier alpha value is -2.91. The van der Waals surface area contributed by atoms with Gasteiger partial charge in [-0.2, -0.15) is 5.26 Å². The van der Waals surface area contributed by atoms with Crippen LogP contribution < -0.4 is 10.6 Å². The fourth-order valence-corrected chi connectivity index (χ4v) is 3.57. The van der Waals surface area contributed by atoms with E-state index >= 15 is 0 Å². The molecule has 0 amide bonds. The van der Waals surface area contributed by atoms with Gasteiger partial charge in [-0.3, -0.25) is 0 Å². The van der Waals surface area contributed by atoms with Gasteiger partial charge < -0.3 is 15.2 Å². The second-order valence-corrected chi connectivity index (χ2v) is 6.75. The molecule has 1 atom stereocenters. The summed E-state index contributed by atoms with van der Waals surface area (Å²) < 4.78 is 16.5. The lowest BCUT2D eigenvalue weighted by Gasteiger charge is -2.32. The summed E-state index contributed by atoms with van der Waals surface area (Å²) >= 11 is 0. The van der Waals surface area contributed by atoms with Gasteiger partial charge in [0.25, 0.3) is 0 Å². The maximum Gasteiger partial charge on any atom is 0.206 e. The van der Waals surface area contributed by atoms with Crippen LogP contribution in [0.2, 0.25) is 0 Å². The zero-order chi connectivity index (χ0) is 18.1. The predicted molar refractivity (Wildman–Crippen MR) is 99.4 cm³/mol. The van der Waals surface area contributed by atoms with Crippen molar-refractivity contribution < 1.29 is 4.39 Å². The maximum atomic E-state index is 14.4. The first-order valence-corrected chi connectivity index (χ1v) is 8.80. The van der Waals surface area contributed by atoms with E-state index in [-0.39, 0.29) is 11.9 Å². The number of benzene rings is 2. The van der Waals surface area contributed by atoms with Gasteiger partial charge in [-0.25, -0.2) is 9.37 Å². The Morgan fingerprint density at radius 1 is 1.27 bits per heavy atom. The van der Waals surface area contributed by atoms with Gasteiger partial charge >= 0.3 is 0 Å². The van der Waals surface area contributed by atoms with E-state index in [2.05, 4.69) is 4.90 Å². The van der Waals surface area contributed by atoms with E-state index in [1.165, 1.54) is 6.07 Å². The first-order chi connectivity index (χ1) is 12.7. The van der Waals surface area contributed by atoms with Crippen molar-refractivity contribution in [3.63, 3.8) is 0 Å². The number of nitrogens with two attached hydrogens (primary N) is 1. The molecule has 3 aromatic rings. The van der Waals surface area contributed by atoms with Gasteiger partial charge in [-0.15, -0.1) is 0 Å². The lowest BCUT2D eigenvalue weighted by atomic mass is 10.1. The van der Waals surface area contributed by atoms with Gasteiger partial charge in [0.2, 0.25) is 5.95 Å². The van der Waals surface area contributed by atoms with Crippen molar-refractivity contribution in [1.82, 2.24) is 9.55 Å². The number of para-hydroxylation sites is 2. The highest BCUT2D eigenvalue weighted by atomic mass is 19.1. The summed E-state index contributed by atoms with van der Waals surface area (Å²) in [5.74, 6) is 0.452. The lowest BCUT2D eigenvalue weighted by molar-refractivity contribution is 0.494. The first-order valence-electron chi connectivity index (χ1n) is 8.80. The van der Waals surface area contributed by atoms with Crippen molar-refractivity contribution in [3.8, 4) is 6.07 Å². The Morgan fingerprint density at radius 2 is 2.12 bits per heavy atom. The molecule has 6 heteroatoms. The van der Waals surface area contributed by atoms with E-state index in [0.717, 1.165) is 42.9 Å². The number of hydrogen-bond donors (Lipinski definition) is 1. The monoisotopic (exact) mass is 349 g/mol. The van der Waals surface area contributed by atoms with E-state index in [4.69, 9.17) is 16.0 Å². The topological polar surface area (TPSA) is 70.9 Å². The molecule has 1 fully saturated rings. The molecule has 2 N–H and O–H groups in total. The van der Waals surface area contributed by atoms with Crippen molar-refractivity contribution in [2.75, 3.05) is 18.0 Å². The second-order valence-electron chi connectivity index (χ2n) is 6.75. The molecule has 0 aliphatic carbocycles. The van der Waals surface area contributed by atoms with E-state index in [0.29, 0.717) is 17.7 Å². The predicted octanol–water partition coefficient (Wildman–Crippen LogP) is 3.02. The van der Waals surface area contributed by atoms with Crippen molar-refractivity contribution in [3.05, 3.63) is 59.4 Å². The van der Waals surface area contributed by atoms with Crippen molar-refractivity contribution >= 4 is 17.0 Å². The summed E-state index contributed by atoms with van der Waals surface area (Å²) in [6.45, 7) is 2.01. The summed E-state index contributed by atoms with van der Waals surface area (Å²) in [6, 6.07) is 14.6. The molecule has 0 unspecified atom stereocenters. The minimum Gasteiger partial charge on any atom is -0.341 e. The number of aromatic nitrogens is 2. The molecule has 0 spiro atoms. The standard InChI is InChI=1S/C20H20FN5/c21-17-10-14(11-22)7-8-15(17)12-26-19-6-2-1-5-18(19)24-20(26)25-9-3-4-16(23)13-25/h1-2,5-8,10,16H,3-4,9,12-13,23H2/t16-/m1/s1. The molecular formula is C20H20FN5. The molecular weight excluding hydrogens is 329 g/mol. The molecule has 2 aromatic carbocycles. The minimum absolute atomic E-state index is 0.128. The van der Waals surface area contributed by atoms with Crippen LogP contribution >= 0.6 is 0 Å². The summed E-state index contributed by atoms with van der Waals surface area (Å²) in [7, 11) is 0. The average Bonchev–Trinajstić information content (AvgIpc) is 3.02. The third-order valence-electron chi connectivity index (χ3n) is 4.89. The highest BCUT2D eigenvalue weighted by Gasteiger charge is 2.23. The molecule has 0 radical (unpaired) electrons. The number of imidazole rings is 1. The Balaban J connectivity index is 1.78. The third-order valence-corrected chi connectivity index (χ3v) is 4.89. The number of nitriles is 1. The van der Waals surface area contributed by atoms with E-state index in [1.807, 2.05) is 34.9 Å². The van der Waals surface area contributed by atoms with Gasteiger partial charge in [0.05, 0.1) is 29.2 Å². The molecule has 0 bridgehead atoms. The maximum absolute atomic E-state index is 14.4. The average molecular weight is 349 g/mol. The van der Waals surface area contributed by atoms with Crippen LogP contribution in [0.15, 0.2) is 42.5 Å². The molecule has 5 nitrogen and oxygen atoms in total. The van der Waals surface area contributed by atoms with Crippen molar-refractivity contribution in [2.24, 2.45) is 5.73 Å². The number of hydrogen-bond acceptors (Lipinski definition) is 4. The first kappa shape index (κ1) is 16.6. The molecule has 1 aromatic heterocycles. The van der Waals surface area contributed by atoms with Crippen LogP contribution in [0.25, 0.3) is 11.0 Å². The summed E-state index contributed by atoms with van der Waals surface area (Å²) in [5.41, 5.74) is 8.85. The minimum atomic E-state index is -0.372. The fourth-order valence-electron chi connectivity index (χ4n) is 3.57. The number of piperidine rings is 1. The molecule has 0 saturated carbocycles. The van der Waals surface area contributed by atoms with E-state index in [1.54, 1.807) is 12.1 Å². The SMILES string of the molecule is N#Cc1ccc(Cn2c(N3CCC[C@@H](N)C3)nc3ccccc32)c(F)c1. The van der Waals surface area contributed by atoms with Crippen molar-refractivity contribution in [1.29, 1.82) is 5.26 Å². The van der Waals surface area contributed by atoms with Gasteiger partial charge in [-0.05, 0) is 37.1 Å². The molecule has 26 heavy (non-hydrogen) atoms. The van der Waals surface area contributed by atoms with Crippen LogP contribution in [-0.2, 0) is 6.54 Å². The van der Waals surface area contributed by atoms with Gasteiger partial charge in [-0.1, -0.05) is 18.2 Å². The summed E-state index contributed by atoms with van der Waals surface area (Å²) in [5, 5.41) is 8.94. The smallest absolute Gasteiger partial charge is 0.206 e. The zero-order valence-electron chi connectivity index (χ0n) is 14.4. The van der Waals surface area contributed by atoms with Gasteiger partial charge in [0.15, 0.2) is 0 Å². The number of fused-ring (bicyclic) bond motifs is 1.